The van der Waals surface area contributed by atoms with Gasteiger partial charge in [0.2, 0.25) is 5.91 Å². The lowest BCUT2D eigenvalue weighted by atomic mass is 10.3. The highest BCUT2D eigenvalue weighted by atomic mass is 79.9. The third kappa shape index (κ3) is 4.31. The van der Waals surface area contributed by atoms with E-state index < -0.39 is 0 Å². The number of aromatic nitrogens is 2. The number of nitrogens with zero attached hydrogens (tertiary/aromatic N) is 2. The van der Waals surface area contributed by atoms with E-state index in [1.165, 1.54) is 23.1 Å². The zero-order valence-electron chi connectivity index (χ0n) is 13.5. The van der Waals surface area contributed by atoms with Gasteiger partial charge in [-0.2, -0.15) is 0 Å². The molecule has 0 bridgehead atoms. The average molecular weight is 438 g/mol. The summed E-state index contributed by atoms with van der Waals surface area (Å²) in [6.45, 7) is 2.61. The number of rotatable bonds is 6. The minimum Gasteiger partial charge on any atom is -0.325 e. The lowest BCUT2D eigenvalue weighted by molar-refractivity contribution is -0.113. The van der Waals surface area contributed by atoms with Gasteiger partial charge in [0.25, 0.3) is 5.56 Å². The van der Waals surface area contributed by atoms with Crippen LogP contribution in [-0.2, 0) is 11.3 Å². The highest BCUT2D eigenvalue weighted by Crippen LogP contribution is 2.21. The van der Waals surface area contributed by atoms with Gasteiger partial charge < -0.3 is 5.32 Å². The predicted molar refractivity (Wildman–Crippen MR) is 108 cm³/mol. The second kappa shape index (κ2) is 8.16. The van der Waals surface area contributed by atoms with Gasteiger partial charge in [-0.3, -0.25) is 14.2 Å². The predicted octanol–water partition coefficient (Wildman–Crippen LogP) is 4.36. The van der Waals surface area contributed by atoms with Crippen LogP contribution < -0.4 is 10.9 Å². The number of carbonyl (C=O) groups is 1. The van der Waals surface area contributed by atoms with E-state index in [1.54, 1.807) is 4.57 Å². The monoisotopic (exact) mass is 437 g/mol. The molecule has 0 atom stereocenters. The highest BCUT2D eigenvalue weighted by Gasteiger charge is 2.13. The summed E-state index contributed by atoms with van der Waals surface area (Å²) in [6.07, 6.45) is 0.830. The summed E-state index contributed by atoms with van der Waals surface area (Å²) < 4.78 is 3.28. The van der Waals surface area contributed by atoms with Crippen molar-refractivity contribution in [1.82, 2.24) is 9.55 Å². The maximum Gasteiger partial charge on any atom is 0.272 e. The highest BCUT2D eigenvalue weighted by molar-refractivity contribution is 9.10. The van der Waals surface area contributed by atoms with Gasteiger partial charge in [-0.05, 0) is 42.1 Å². The number of hydrogen-bond acceptors (Lipinski definition) is 5. The number of nitrogens with one attached hydrogen (secondary N) is 1. The Bertz CT molecular complexity index is 951. The van der Waals surface area contributed by atoms with Gasteiger partial charge in [-0.1, -0.05) is 34.6 Å². The SMILES string of the molecule is CCCn1c(SCC(=O)Nc2ccc(Br)cc2)nc2ccsc2c1=O. The molecule has 0 saturated heterocycles. The number of anilines is 1. The molecule has 0 aliphatic heterocycles. The molecule has 130 valence electrons. The van der Waals surface area contributed by atoms with Crippen LogP contribution in [0.2, 0.25) is 0 Å². The molecular formula is C17H16BrN3O2S2. The van der Waals surface area contributed by atoms with Gasteiger partial charge in [0.1, 0.15) is 4.70 Å². The summed E-state index contributed by atoms with van der Waals surface area (Å²) in [4.78, 5) is 29.3. The van der Waals surface area contributed by atoms with Gasteiger partial charge in [0.05, 0.1) is 11.3 Å². The Morgan fingerprint density at radius 1 is 1.32 bits per heavy atom. The normalized spacial score (nSPS) is 11.0. The zero-order chi connectivity index (χ0) is 17.8. The van der Waals surface area contributed by atoms with Crippen molar-refractivity contribution in [2.45, 2.75) is 25.0 Å². The molecule has 1 amide bonds. The molecule has 2 heterocycles. The fourth-order valence-electron chi connectivity index (χ4n) is 2.31. The molecule has 0 radical (unpaired) electrons. The fourth-order valence-corrected chi connectivity index (χ4v) is 4.18. The van der Waals surface area contributed by atoms with Crippen LogP contribution in [0.25, 0.3) is 10.2 Å². The molecule has 5 nitrogen and oxygen atoms in total. The summed E-state index contributed by atoms with van der Waals surface area (Å²) in [6, 6.07) is 9.23. The lowest BCUT2D eigenvalue weighted by Gasteiger charge is -2.11. The second-order valence-corrected chi connectivity index (χ2v) is 8.10. The van der Waals surface area contributed by atoms with Crippen LogP contribution in [0, 0.1) is 0 Å². The number of halogens is 1. The van der Waals surface area contributed by atoms with E-state index in [1.807, 2.05) is 42.6 Å². The first-order chi connectivity index (χ1) is 12.1. The summed E-state index contributed by atoms with van der Waals surface area (Å²) in [5, 5.41) is 5.30. The first-order valence-electron chi connectivity index (χ1n) is 7.74. The van der Waals surface area contributed by atoms with Crippen molar-refractivity contribution in [1.29, 1.82) is 0 Å². The number of carbonyl (C=O) groups excluding carboxylic acids is 1. The number of fused-ring (bicyclic) bond motifs is 1. The molecule has 3 aromatic rings. The molecule has 0 spiro atoms. The van der Waals surface area contributed by atoms with Gasteiger partial charge in [0, 0.05) is 16.7 Å². The molecule has 1 N–H and O–H groups in total. The van der Waals surface area contributed by atoms with Crippen molar-refractivity contribution in [2.24, 2.45) is 0 Å². The van der Waals surface area contributed by atoms with Crippen LogP contribution in [0.3, 0.4) is 0 Å². The topological polar surface area (TPSA) is 64.0 Å². The van der Waals surface area contributed by atoms with E-state index in [9.17, 15) is 9.59 Å². The zero-order valence-corrected chi connectivity index (χ0v) is 16.7. The smallest absolute Gasteiger partial charge is 0.272 e. The Balaban J connectivity index is 1.75. The molecule has 0 unspecified atom stereocenters. The van der Waals surface area contributed by atoms with Gasteiger partial charge in [-0.25, -0.2) is 4.98 Å². The Hall–Kier alpha value is -1.64. The number of amides is 1. The minimum atomic E-state index is -0.130. The number of benzene rings is 1. The standard InChI is InChI=1S/C17H16BrN3O2S2/c1-2-8-21-16(23)15-13(7-9-24-15)20-17(21)25-10-14(22)19-12-5-3-11(18)4-6-12/h3-7,9H,2,8,10H2,1H3,(H,19,22). The third-order valence-corrected chi connectivity index (χ3v) is 5.84. The summed E-state index contributed by atoms with van der Waals surface area (Å²) in [7, 11) is 0. The van der Waals surface area contributed by atoms with Crippen molar-refractivity contribution in [3.63, 3.8) is 0 Å². The van der Waals surface area contributed by atoms with Crippen LogP contribution >= 0.6 is 39.0 Å². The van der Waals surface area contributed by atoms with Crippen molar-refractivity contribution < 1.29 is 4.79 Å². The van der Waals surface area contributed by atoms with E-state index in [-0.39, 0.29) is 17.2 Å². The van der Waals surface area contributed by atoms with Gasteiger partial charge >= 0.3 is 0 Å². The van der Waals surface area contributed by atoms with Crippen LogP contribution in [0.4, 0.5) is 5.69 Å². The molecule has 8 heteroatoms. The minimum absolute atomic E-state index is 0.0299. The molecular weight excluding hydrogens is 422 g/mol. The first-order valence-corrected chi connectivity index (χ1v) is 10.4. The van der Waals surface area contributed by atoms with E-state index in [2.05, 4.69) is 26.2 Å². The fraction of sp³-hybridized carbons (Fsp3) is 0.235. The van der Waals surface area contributed by atoms with Gasteiger partial charge in [-0.15, -0.1) is 11.3 Å². The summed E-state index contributed by atoms with van der Waals surface area (Å²) >= 11 is 6.05. The van der Waals surface area contributed by atoms with Crippen molar-refractivity contribution in [3.8, 4) is 0 Å². The summed E-state index contributed by atoms with van der Waals surface area (Å²) in [5.41, 5.74) is 1.40. The summed E-state index contributed by atoms with van der Waals surface area (Å²) in [5.74, 6) is 0.0667. The molecule has 0 fully saturated rings. The number of hydrogen-bond donors (Lipinski definition) is 1. The number of thiophene rings is 1. The third-order valence-electron chi connectivity index (χ3n) is 3.44. The molecule has 25 heavy (non-hydrogen) atoms. The van der Waals surface area contributed by atoms with Crippen molar-refractivity contribution in [3.05, 3.63) is 50.5 Å². The van der Waals surface area contributed by atoms with Crippen molar-refractivity contribution in [2.75, 3.05) is 11.1 Å². The van der Waals surface area contributed by atoms with Crippen LogP contribution in [0.15, 0.2) is 50.1 Å². The second-order valence-electron chi connectivity index (χ2n) is 5.33. The average Bonchev–Trinajstić information content (AvgIpc) is 3.07. The van der Waals surface area contributed by atoms with E-state index in [0.717, 1.165) is 16.6 Å². The maximum absolute atomic E-state index is 12.6. The van der Waals surface area contributed by atoms with E-state index >= 15 is 0 Å². The lowest BCUT2D eigenvalue weighted by Crippen LogP contribution is -2.23. The Morgan fingerprint density at radius 3 is 2.80 bits per heavy atom. The van der Waals surface area contributed by atoms with E-state index in [0.29, 0.717) is 21.9 Å². The van der Waals surface area contributed by atoms with E-state index in [4.69, 9.17) is 0 Å². The van der Waals surface area contributed by atoms with Crippen molar-refractivity contribution >= 4 is 60.8 Å². The maximum atomic E-state index is 12.6. The molecule has 3 rings (SSSR count). The molecule has 1 aromatic carbocycles. The quantitative estimate of drug-likeness (QED) is 0.459. The molecule has 0 aliphatic rings. The largest absolute Gasteiger partial charge is 0.325 e. The molecule has 0 saturated carbocycles. The van der Waals surface area contributed by atoms with Crippen LogP contribution in [0.1, 0.15) is 13.3 Å². The first kappa shape index (κ1) is 18.2. The Morgan fingerprint density at radius 2 is 2.08 bits per heavy atom. The molecule has 0 aliphatic carbocycles. The molecule has 2 aromatic heterocycles. The number of thioether (sulfide) groups is 1. The van der Waals surface area contributed by atoms with Gasteiger partial charge in [0.15, 0.2) is 5.16 Å². The Labute approximate surface area is 161 Å². The van der Waals surface area contributed by atoms with Crippen LogP contribution in [-0.4, -0.2) is 21.2 Å². The van der Waals surface area contributed by atoms with Crippen LogP contribution in [0.5, 0.6) is 0 Å². The Kier molecular flexibility index (Phi) is 5.93.